The number of aliphatic hydroxyl groups excluding tert-OH is 1. The maximum absolute atomic E-state index is 13.7. The van der Waals surface area contributed by atoms with Gasteiger partial charge < -0.3 is 21.1 Å². The number of aliphatic hydroxyl groups is 1. The summed E-state index contributed by atoms with van der Waals surface area (Å²) >= 11 is 0. The molecule has 1 saturated heterocycles. The van der Waals surface area contributed by atoms with E-state index in [1.165, 1.54) is 12.3 Å². The second-order valence-corrected chi connectivity index (χ2v) is 5.60. The molecule has 1 amide bonds. The summed E-state index contributed by atoms with van der Waals surface area (Å²) in [6, 6.07) is 4.86. The third kappa shape index (κ3) is 3.34. The summed E-state index contributed by atoms with van der Waals surface area (Å²) in [5.74, 6) is -0.875. The van der Waals surface area contributed by atoms with Gasteiger partial charge >= 0.3 is 0 Å². The first-order valence-corrected chi connectivity index (χ1v) is 7.54. The van der Waals surface area contributed by atoms with E-state index in [2.05, 4.69) is 15.3 Å². The molecular weight excluding hydrogens is 327 g/mol. The van der Waals surface area contributed by atoms with E-state index in [9.17, 15) is 14.3 Å². The van der Waals surface area contributed by atoms with Gasteiger partial charge in [0.05, 0.1) is 29.7 Å². The molecule has 0 bridgehead atoms. The number of nitrogens with two attached hydrogens (primary N) is 1. The number of aromatic nitrogens is 2. The molecule has 0 aliphatic carbocycles. The summed E-state index contributed by atoms with van der Waals surface area (Å²) in [7, 11) is 0. The Bertz CT molecular complexity index is 866. The topological polar surface area (TPSA) is 128 Å². The summed E-state index contributed by atoms with van der Waals surface area (Å²) in [6.07, 6.45) is 2.37. The molecule has 0 saturated carbocycles. The van der Waals surface area contributed by atoms with Crippen molar-refractivity contribution in [1.82, 2.24) is 9.97 Å². The fourth-order valence-corrected chi connectivity index (χ4v) is 2.64. The maximum Gasteiger partial charge on any atom is 0.252 e. The van der Waals surface area contributed by atoms with Crippen molar-refractivity contribution in [2.75, 3.05) is 23.3 Å². The number of carbonyl (C=O) groups is 1. The van der Waals surface area contributed by atoms with E-state index in [0.29, 0.717) is 25.3 Å². The highest BCUT2D eigenvalue weighted by Gasteiger charge is 2.23. The largest absolute Gasteiger partial charge is 0.391 e. The zero-order valence-corrected chi connectivity index (χ0v) is 13.1. The van der Waals surface area contributed by atoms with E-state index in [4.69, 9.17) is 11.0 Å². The van der Waals surface area contributed by atoms with E-state index >= 15 is 0 Å². The zero-order chi connectivity index (χ0) is 18.0. The molecule has 8 nitrogen and oxygen atoms in total. The van der Waals surface area contributed by atoms with Crippen molar-refractivity contribution in [2.45, 2.75) is 12.5 Å². The Labute approximate surface area is 142 Å². The van der Waals surface area contributed by atoms with Crippen molar-refractivity contribution in [3.8, 4) is 6.07 Å². The standard InChI is InChI=1S/C16H15FN6O2/c17-12-6-20-7-13(11(12)5-18)21-16-10(15(19)25)1-2-14(22-16)23-4-3-9(24)8-23/h1-2,6-7,9,24H,3-4,8H2,(H2,19,25)(H,21,22). The van der Waals surface area contributed by atoms with Crippen LogP contribution in [0, 0.1) is 17.1 Å². The van der Waals surface area contributed by atoms with Gasteiger partial charge in [0.1, 0.15) is 23.3 Å². The average molecular weight is 342 g/mol. The number of anilines is 3. The van der Waals surface area contributed by atoms with E-state index in [1.807, 2.05) is 4.90 Å². The second-order valence-electron chi connectivity index (χ2n) is 5.60. The predicted molar refractivity (Wildman–Crippen MR) is 87.8 cm³/mol. The van der Waals surface area contributed by atoms with Gasteiger partial charge in [0.25, 0.3) is 5.91 Å². The number of halogens is 1. The van der Waals surface area contributed by atoms with Crippen LogP contribution in [0.15, 0.2) is 24.5 Å². The Morgan fingerprint density at radius 3 is 2.92 bits per heavy atom. The van der Waals surface area contributed by atoms with Gasteiger partial charge in [-0.2, -0.15) is 5.26 Å². The molecule has 1 aliphatic heterocycles. The zero-order valence-electron chi connectivity index (χ0n) is 13.1. The van der Waals surface area contributed by atoms with Crippen molar-refractivity contribution in [2.24, 2.45) is 5.73 Å². The van der Waals surface area contributed by atoms with E-state index in [-0.39, 0.29) is 22.6 Å². The summed E-state index contributed by atoms with van der Waals surface area (Å²) in [6.45, 7) is 1.04. The molecule has 3 rings (SSSR count). The number of amides is 1. The molecular formula is C16H15FN6O2. The normalized spacial score (nSPS) is 16.5. The van der Waals surface area contributed by atoms with Gasteiger partial charge in [-0.15, -0.1) is 0 Å². The molecule has 0 radical (unpaired) electrons. The summed E-state index contributed by atoms with van der Waals surface area (Å²) in [5, 5.41) is 21.5. The third-order valence-electron chi connectivity index (χ3n) is 3.90. The lowest BCUT2D eigenvalue weighted by atomic mass is 10.2. The minimum Gasteiger partial charge on any atom is -0.391 e. The molecule has 2 aromatic heterocycles. The van der Waals surface area contributed by atoms with E-state index in [0.717, 1.165) is 6.20 Å². The van der Waals surface area contributed by atoms with Gasteiger partial charge in [0.2, 0.25) is 0 Å². The lowest BCUT2D eigenvalue weighted by Crippen LogP contribution is -2.23. The first-order valence-electron chi connectivity index (χ1n) is 7.54. The highest BCUT2D eigenvalue weighted by atomic mass is 19.1. The van der Waals surface area contributed by atoms with Crippen LogP contribution in [0.2, 0.25) is 0 Å². The van der Waals surface area contributed by atoms with Crippen LogP contribution in [0.3, 0.4) is 0 Å². The van der Waals surface area contributed by atoms with Crippen molar-refractivity contribution in [1.29, 1.82) is 5.26 Å². The van der Waals surface area contributed by atoms with Gasteiger partial charge in [-0.3, -0.25) is 9.78 Å². The highest BCUT2D eigenvalue weighted by Crippen LogP contribution is 2.26. The average Bonchev–Trinajstić information content (AvgIpc) is 3.01. The molecule has 4 N–H and O–H groups in total. The quantitative estimate of drug-likeness (QED) is 0.753. The number of primary amides is 1. The second kappa shape index (κ2) is 6.70. The van der Waals surface area contributed by atoms with Gasteiger partial charge in [-0.05, 0) is 18.6 Å². The minimum absolute atomic E-state index is 0.0797. The predicted octanol–water partition coefficient (Wildman–Crippen LogP) is 0.901. The number of nitrogens with zero attached hydrogens (tertiary/aromatic N) is 4. The van der Waals surface area contributed by atoms with Crippen LogP contribution in [-0.2, 0) is 0 Å². The molecule has 2 aromatic rings. The van der Waals surface area contributed by atoms with Crippen LogP contribution in [0.1, 0.15) is 22.3 Å². The minimum atomic E-state index is -0.785. The number of hydrogen-bond acceptors (Lipinski definition) is 7. The Kier molecular flexibility index (Phi) is 4.45. The van der Waals surface area contributed by atoms with Crippen LogP contribution in [-0.4, -0.2) is 40.2 Å². The molecule has 1 atom stereocenters. The van der Waals surface area contributed by atoms with Crippen molar-refractivity contribution in [3.63, 3.8) is 0 Å². The van der Waals surface area contributed by atoms with Crippen LogP contribution in [0.4, 0.5) is 21.7 Å². The maximum atomic E-state index is 13.7. The molecule has 0 aromatic carbocycles. The molecule has 3 heterocycles. The van der Waals surface area contributed by atoms with Crippen LogP contribution >= 0.6 is 0 Å². The number of hydrogen-bond donors (Lipinski definition) is 3. The SMILES string of the molecule is N#Cc1c(F)cncc1Nc1nc(N2CCC(O)C2)ccc1C(N)=O. The summed E-state index contributed by atoms with van der Waals surface area (Å²) in [5.41, 5.74) is 5.30. The summed E-state index contributed by atoms with van der Waals surface area (Å²) < 4.78 is 13.7. The number of pyridine rings is 2. The molecule has 9 heteroatoms. The lowest BCUT2D eigenvalue weighted by Gasteiger charge is -2.19. The lowest BCUT2D eigenvalue weighted by molar-refractivity contribution is 0.100. The fourth-order valence-electron chi connectivity index (χ4n) is 2.64. The van der Waals surface area contributed by atoms with Crippen LogP contribution < -0.4 is 16.0 Å². The Hall–Kier alpha value is -3.25. The molecule has 1 fully saturated rings. The fraction of sp³-hybridized carbons (Fsp3) is 0.250. The first-order chi connectivity index (χ1) is 12.0. The number of rotatable bonds is 4. The van der Waals surface area contributed by atoms with E-state index in [1.54, 1.807) is 12.1 Å². The van der Waals surface area contributed by atoms with Gasteiger partial charge in [0.15, 0.2) is 5.82 Å². The van der Waals surface area contributed by atoms with Crippen molar-refractivity contribution in [3.05, 3.63) is 41.5 Å². The molecule has 128 valence electrons. The summed E-state index contributed by atoms with van der Waals surface area (Å²) in [4.78, 5) is 21.6. The monoisotopic (exact) mass is 342 g/mol. The smallest absolute Gasteiger partial charge is 0.252 e. The Morgan fingerprint density at radius 2 is 2.28 bits per heavy atom. The number of nitriles is 1. The van der Waals surface area contributed by atoms with Crippen molar-refractivity contribution >= 4 is 23.2 Å². The van der Waals surface area contributed by atoms with Crippen LogP contribution in [0.25, 0.3) is 0 Å². The van der Waals surface area contributed by atoms with Gasteiger partial charge in [-0.25, -0.2) is 9.37 Å². The molecule has 1 unspecified atom stereocenters. The molecule has 1 aliphatic rings. The molecule has 25 heavy (non-hydrogen) atoms. The Morgan fingerprint density at radius 1 is 1.48 bits per heavy atom. The number of β-amino-alcohol motifs (C(OH)–C–C–N with tert-alkyl or cyclic N) is 1. The Balaban J connectivity index is 2.00. The first kappa shape index (κ1) is 16.6. The number of nitrogens with one attached hydrogen (secondary N) is 1. The van der Waals surface area contributed by atoms with Gasteiger partial charge in [-0.1, -0.05) is 0 Å². The highest BCUT2D eigenvalue weighted by molar-refractivity contribution is 5.98. The number of carbonyl (C=O) groups excluding carboxylic acids is 1. The third-order valence-corrected chi connectivity index (χ3v) is 3.90. The van der Waals surface area contributed by atoms with Gasteiger partial charge in [0, 0.05) is 13.1 Å². The molecule has 0 spiro atoms. The van der Waals surface area contributed by atoms with Crippen LogP contribution in [0.5, 0.6) is 0 Å². The van der Waals surface area contributed by atoms with E-state index < -0.39 is 17.8 Å². The van der Waals surface area contributed by atoms with Crippen molar-refractivity contribution < 1.29 is 14.3 Å².